The first kappa shape index (κ1) is 14.4. The number of hydrogen-bond acceptors (Lipinski definition) is 5. The lowest BCUT2D eigenvalue weighted by molar-refractivity contribution is 0.0599. The second-order valence-corrected chi connectivity index (χ2v) is 4.57. The fourth-order valence-corrected chi connectivity index (χ4v) is 1.28. The van der Waals surface area contributed by atoms with Gasteiger partial charge >= 0.3 is 5.97 Å². The Labute approximate surface area is 107 Å². The van der Waals surface area contributed by atoms with Crippen LogP contribution < -0.4 is 10.5 Å². The number of pyridine rings is 1. The summed E-state index contributed by atoms with van der Waals surface area (Å²) in [7, 11) is 1.34. The van der Waals surface area contributed by atoms with Crippen LogP contribution in [0.3, 0.4) is 0 Å². The third-order valence-electron chi connectivity index (χ3n) is 2.82. The lowest BCUT2D eigenvalue weighted by Crippen LogP contribution is -2.41. The number of esters is 1. The molecule has 1 heterocycles. The van der Waals surface area contributed by atoms with Crippen LogP contribution >= 0.6 is 0 Å². The van der Waals surface area contributed by atoms with Crippen molar-refractivity contribution in [3.05, 3.63) is 23.4 Å². The number of rotatable bonds is 5. The molecule has 0 saturated heterocycles. The summed E-state index contributed by atoms with van der Waals surface area (Å²) in [6.07, 6.45) is 0.812. The van der Waals surface area contributed by atoms with Gasteiger partial charge in [-0.15, -0.1) is 0 Å². The summed E-state index contributed by atoms with van der Waals surface area (Å²) in [4.78, 5) is 15.6. The molecule has 0 aliphatic carbocycles. The molecule has 0 saturated carbocycles. The summed E-state index contributed by atoms with van der Waals surface area (Å²) in [5.41, 5.74) is 6.62. The third-order valence-corrected chi connectivity index (χ3v) is 2.82. The lowest BCUT2D eigenvalue weighted by atomic mass is 10.0. The van der Waals surface area contributed by atoms with Gasteiger partial charge in [0.05, 0.1) is 18.4 Å². The molecule has 1 atom stereocenters. The van der Waals surface area contributed by atoms with Crippen molar-refractivity contribution in [2.75, 3.05) is 13.7 Å². The smallest absolute Gasteiger partial charge is 0.339 e. The number of nitrogens with zero attached hydrogens (tertiary/aromatic N) is 1. The van der Waals surface area contributed by atoms with E-state index in [1.54, 1.807) is 19.1 Å². The van der Waals surface area contributed by atoms with Gasteiger partial charge in [0.2, 0.25) is 5.88 Å². The molecule has 0 aromatic carbocycles. The van der Waals surface area contributed by atoms with Crippen LogP contribution in [0.25, 0.3) is 0 Å². The zero-order chi connectivity index (χ0) is 13.8. The van der Waals surface area contributed by atoms with E-state index in [1.165, 1.54) is 7.11 Å². The van der Waals surface area contributed by atoms with Crippen molar-refractivity contribution in [3.63, 3.8) is 0 Å². The molecule has 5 heteroatoms. The van der Waals surface area contributed by atoms with Gasteiger partial charge in [-0.3, -0.25) is 0 Å². The first-order valence-corrected chi connectivity index (χ1v) is 5.87. The van der Waals surface area contributed by atoms with Crippen LogP contribution in [-0.2, 0) is 4.74 Å². The Kier molecular flexibility index (Phi) is 4.67. The van der Waals surface area contributed by atoms with Gasteiger partial charge < -0.3 is 15.2 Å². The average molecular weight is 252 g/mol. The van der Waals surface area contributed by atoms with Crippen LogP contribution in [0.15, 0.2) is 12.1 Å². The predicted molar refractivity (Wildman–Crippen MR) is 68.7 cm³/mol. The molecule has 5 nitrogen and oxygen atoms in total. The van der Waals surface area contributed by atoms with Crippen molar-refractivity contribution in [1.82, 2.24) is 4.98 Å². The zero-order valence-electron chi connectivity index (χ0n) is 11.3. The number of hydrogen-bond donors (Lipinski definition) is 1. The van der Waals surface area contributed by atoms with E-state index in [0.29, 0.717) is 23.7 Å². The molecule has 1 aromatic rings. The van der Waals surface area contributed by atoms with Crippen molar-refractivity contribution < 1.29 is 14.3 Å². The van der Waals surface area contributed by atoms with E-state index < -0.39 is 5.97 Å². The minimum absolute atomic E-state index is 0.378. The maximum absolute atomic E-state index is 11.4. The van der Waals surface area contributed by atoms with Gasteiger partial charge in [-0.25, -0.2) is 9.78 Å². The minimum atomic E-state index is -0.399. The van der Waals surface area contributed by atoms with Crippen molar-refractivity contribution in [2.24, 2.45) is 5.73 Å². The molecule has 1 aromatic heterocycles. The number of nitrogens with two attached hydrogens (primary N) is 1. The molecule has 2 N–H and O–H groups in total. The number of methoxy groups -OCH3 is 1. The molecule has 1 rings (SSSR count). The molecule has 0 spiro atoms. The molecular weight excluding hydrogens is 232 g/mol. The molecule has 0 aliphatic heterocycles. The van der Waals surface area contributed by atoms with E-state index in [4.69, 9.17) is 10.5 Å². The number of carbonyl (C=O) groups is 1. The molecular formula is C13H20N2O3. The van der Waals surface area contributed by atoms with Gasteiger partial charge in [0.25, 0.3) is 0 Å². The van der Waals surface area contributed by atoms with E-state index in [0.717, 1.165) is 6.42 Å². The Morgan fingerprint density at radius 1 is 1.50 bits per heavy atom. The topological polar surface area (TPSA) is 74.4 Å². The molecule has 0 aliphatic rings. The average Bonchev–Trinajstić information content (AvgIpc) is 2.36. The van der Waals surface area contributed by atoms with Crippen LogP contribution in [-0.4, -0.2) is 30.2 Å². The standard InChI is InChI=1S/C13H20N2O3/c1-5-13(3,14)8-18-11-7-6-10(9(2)15-11)12(16)17-4/h6-7H,5,8,14H2,1-4H3. The molecule has 0 fully saturated rings. The van der Waals surface area contributed by atoms with Crippen LogP contribution in [0.5, 0.6) is 5.88 Å². The highest BCUT2D eigenvalue weighted by atomic mass is 16.5. The van der Waals surface area contributed by atoms with Crippen molar-refractivity contribution in [3.8, 4) is 5.88 Å². The van der Waals surface area contributed by atoms with Gasteiger partial charge in [0, 0.05) is 11.6 Å². The van der Waals surface area contributed by atoms with Crippen LogP contribution in [0.2, 0.25) is 0 Å². The summed E-state index contributed by atoms with van der Waals surface area (Å²) < 4.78 is 10.2. The molecule has 18 heavy (non-hydrogen) atoms. The van der Waals surface area contributed by atoms with E-state index in [2.05, 4.69) is 9.72 Å². The maximum atomic E-state index is 11.4. The minimum Gasteiger partial charge on any atom is -0.476 e. The monoisotopic (exact) mass is 252 g/mol. The zero-order valence-corrected chi connectivity index (χ0v) is 11.3. The highest BCUT2D eigenvalue weighted by molar-refractivity contribution is 5.90. The van der Waals surface area contributed by atoms with Gasteiger partial charge in [0.15, 0.2) is 0 Å². The third kappa shape index (κ3) is 3.70. The Morgan fingerprint density at radius 2 is 2.17 bits per heavy atom. The van der Waals surface area contributed by atoms with Gasteiger partial charge in [-0.05, 0) is 26.3 Å². The first-order chi connectivity index (χ1) is 8.39. The van der Waals surface area contributed by atoms with E-state index in [-0.39, 0.29) is 5.54 Å². The fraction of sp³-hybridized carbons (Fsp3) is 0.538. The largest absolute Gasteiger partial charge is 0.476 e. The summed E-state index contributed by atoms with van der Waals surface area (Å²) in [6.45, 7) is 6.04. The molecule has 0 bridgehead atoms. The van der Waals surface area contributed by atoms with Crippen LogP contribution in [0, 0.1) is 6.92 Å². The Morgan fingerprint density at radius 3 is 2.67 bits per heavy atom. The van der Waals surface area contributed by atoms with E-state index >= 15 is 0 Å². The van der Waals surface area contributed by atoms with E-state index in [1.807, 2.05) is 13.8 Å². The van der Waals surface area contributed by atoms with Gasteiger partial charge in [-0.2, -0.15) is 0 Å². The van der Waals surface area contributed by atoms with Crippen LogP contribution in [0.4, 0.5) is 0 Å². The maximum Gasteiger partial charge on any atom is 0.339 e. The second-order valence-electron chi connectivity index (χ2n) is 4.57. The number of carbonyl (C=O) groups excluding carboxylic acids is 1. The van der Waals surface area contributed by atoms with Crippen molar-refractivity contribution in [1.29, 1.82) is 0 Å². The number of aromatic nitrogens is 1. The predicted octanol–water partition coefficient (Wildman–Crippen LogP) is 1.68. The summed E-state index contributed by atoms with van der Waals surface area (Å²) in [5.74, 6) is 0.0639. The molecule has 0 amide bonds. The first-order valence-electron chi connectivity index (χ1n) is 5.87. The van der Waals surface area contributed by atoms with E-state index in [9.17, 15) is 4.79 Å². The summed E-state index contributed by atoms with van der Waals surface area (Å²) in [6, 6.07) is 3.29. The number of ether oxygens (including phenoxy) is 2. The SMILES string of the molecule is CCC(C)(N)COc1ccc(C(=O)OC)c(C)n1. The molecule has 100 valence electrons. The molecule has 0 radical (unpaired) electrons. The van der Waals surface area contributed by atoms with Gasteiger partial charge in [-0.1, -0.05) is 6.92 Å². The Bertz CT molecular complexity index is 430. The van der Waals surface area contributed by atoms with Crippen molar-refractivity contribution >= 4 is 5.97 Å². The van der Waals surface area contributed by atoms with Gasteiger partial charge in [0.1, 0.15) is 6.61 Å². The van der Waals surface area contributed by atoms with Crippen molar-refractivity contribution in [2.45, 2.75) is 32.7 Å². The Hall–Kier alpha value is -1.62. The summed E-state index contributed by atoms with van der Waals surface area (Å²) in [5, 5.41) is 0. The quantitative estimate of drug-likeness (QED) is 0.807. The fourth-order valence-electron chi connectivity index (χ4n) is 1.28. The molecule has 1 unspecified atom stereocenters. The lowest BCUT2D eigenvalue weighted by Gasteiger charge is -2.22. The highest BCUT2D eigenvalue weighted by Gasteiger charge is 2.17. The Balaban J connectivity index is 2.76. The second kappa shape index (κ2) is 5.82. The van der Waals surface area contributed by atoms with Crippen LogP contribution in [0.1, 0.15) is 36.3 Å². The summed E-state index contributed by atoms with van der Waals surface area (Å²) >= 11 is 0. The highest BCUT2D eigenvalue weighted by Crippen LogP contribution is 2.15. The number of aryl methyl sites for hydroxylation is 1. The normalized spacial score (nSPS) is 13.8.